The first kappa shape index (κ1) is 10.7. The summed E-state index contributed by atoms with van der Waals surface area (Å²) in [6, 6.07) is 6.39. The largest absolute Gasteiger partial charge is 0.491 e. The molecule has 0 saturated carbocycles. The number of aliphatic hydroxyl groups is 1. The first-order chi connectivity index (χ1) is 10.6. The Labute approximate surface area is 121 Å². The zero-order chi connectivity index (χ0) is 17.5. The quantitative estimate of drug-likeness (QED) is 0.716. The maximum Gasteiger partial charge on any atom is 0.119 e. The number of hydrogen-bond acceptors (Lipinski definition) is 4. The van der Waals surface area contributed by atoms with Gasteiger partial charge in [0.25, 0.3) is 0 Å². The third kappa shape index (κ3) is 7.15. The van der Waals surface area contributed by atoms with E-state index in [9.17, 15) is 5.11 Å². The van der Waals surface area contributed by atoms with Gasteiger partial charge in [-0.3, -0.25) is 0 Å². The topological polar surface area (TPSA) is 50.7 Å². The van der Waals surface area contributed by atoms with Crippen LogP contribution < -0.4 is 10.1 Å². The van der Waals surface area contributed by atoms with Gasteiger partial charge in [-0.1, -0.05) is 26.0 Å². The first-order valence-corrected chi connectivity index (χ1v) is 6.34. The molecule has 0 heterocycles. The van der Waals surface area contributed by atoms with Crippen LogP contribution >= 0.6 is 0 Å². The summed E-state index contributed by atoms with van der Waals surface area (Å²) in [6.07, 6.45) is -0.198. The van der Waals surface area contributed by atoms with Gasteiger partial charge in [0.1, 0.15) is 18.5 Å². The van der Waals surface area contributed by atoms with Gasteiger partial charge in [-0.15, -0.1) is 0 Å². The molecule has 108 valence electrons. The number of ether oxygens (including phenoxy) is 2. The molecule has 1 rings (SSSR count). The third-order valence-corrected chi connectivity index (χ3v) is 2.55. The lowest BCUT2D eigenvalue weighted by atomic mass is 10.1. The molecule has 2 N–H and O–H groups in total. The van der Waals surface area contributed by atoms with Crippen LogP contribution in [0.25, 0.3) is 0 Å². The number of benzene rings is 1. The number of aliphatic hydroxyl groups excluding tert-OH is 1. The first-order valence-electron chi connectivity index (χ1n) is 8.34. The van der Waals surface area contributed by atoms with Gasteiger partial charge in [-0.25, -0.2) is 0 Å². The summed E-state index contributed by atoms with van der Waals surface area (Å²) < 4.78 is 38.7. The minimum atomic E-state index is -2.36. The Morgan fingerprint density at radius 2 is 2.11 bits per heavy atom. The molecule has 0 aliphatic carbocycles. The highest BCUT2D eigenvalue weighted by Gasteiger charge is 2.05. The van der Waals surface area contributed by atoms with Gasteiger partial charge in [0.2, 0.25) is 0 Å². The van der Waals surface area contributed by atoms with Crippen LogP contribution in [0.1, 0.15) is 24.9 Å². The molecule has 0 bridgehead atoms. The summed E-state index contributed by atoms with van der Waals surface area (Å²) in [7, 11) is -2.36. The van der Waals surface area contributed by atoms with Crippen molar-refractivity contribution in [2.75, 3.05) is 26.8 Å². The molecule has 0 aromatic heterocycles. The summed E-state index contributed by atoms with van der Waals surface area (Å²) in [5.41, 5.74) is 0.944. The van der Waals surface area contributed by atoms with Crippen molar-refractivity contribution in [1.82, 2.24) is 5.32 Å². The molecule has 1 aromatic carbocycles. The van der Waals surface area contributed by atoms with E-state index in [1.165, 1.54) is 0 Å². The Hall–Kier alpha value is -1.10. The predicted octanol–water partition coefficient (Wildman–Crippen LogP) is 1.61. The van der Waals surface area contributed by atoms with Crippen LogP contribution in [0, 0.1) is 0 Å². The summed E-state index contributed by atoms with van der Waals surface area (Å²) in [5.74, 6) is 0.620. The zero-order valence-corrected chi connectivity index (χ0v) is 11.5. The van der Waals surface area contributed by atoms with E-state index in [1.807, 2.05) is 12.1 Å². The number of hydrogen-bond donors (Lipinski definition) is 2. The molecular formula is C15H25NO3. The van der Waals surface area contributed by atoms with Crippen molar-refractivity contribution in [2.24, 2.45) is 0 Å². The van der Waals surface area contributed by atoms with Crippen molar-refractivity contribution >= 4 is 0 Å². The lowest BCUT2D eigenvalue weighted by molar-refractivity contribution is 0.104. The summed E-state index contributed by atoms with van der Waals surface area (Å²) in [5, 5.41) is 12.7. The van der Waals surface area contributed by atoms with Crippen LogP contribution in [0.4, 0.5) is 0 Å². The van der Waals surface area contributed by atoms with Crippen molar-refractivity contribution < 1.29 is 20.1 Å². The molecule has 0 aliphatic rings. The predicted molar refractivity (Wildman–Crippen MR) is 76.7 cm³/mol. The average Bonchev–Trinajstić information content (AvgIpc) is 2.42. The zero-order valence-electron chi connectivity index (χ0n) is 15.5. The fraction of sp³-hybridized carbons (Fsp3) is 0.600. The monoisotopic (exact) mass is 271 g/mol. The van der Waals surface area contributed by atoms with Gasteiger partial charge in [-0.2, -0.15) is 0 Å². The second-order valence-corrected chi connectivity index (χ2v) is 4.59. The van der Waals surface area contributed by atoms with Gasteiger partial charge in [0, 0.05) is 21.0 Å². The molecule has 0 fully saturated rings. The molecule has 19 heavy (non-hydrogen) atoms. The fourth-order valence-corrected chi connectivity index (χ4v) is 1.49. The van der Waals surface area contributed by atoms with Crippen LogP contribution in [0.2, 0.25) is 0 Å². The van der Waals surface area contributed by atoms with Crippen LogP contribution in [-0.2, 0) is 11.2 Å². The number of rotatable bonds is 9. The molecule has 0 amide bonds. The molecule has 0 aliphatic heterocycles. The van der Waals surface area contributed by atoms with Crippen LogP contribution in [0.5, 0.6) is 5.75 Å². The van der Waals surface area contributed by atoms with E-state index in [4.69, 9.17) is 15.0 Å². The van der Waals surface area contributed by atoms with Gasteiger partial charge >= 0.3 is 0 Å². The Kier molecular flexibility index (Phi) is 5.00. The SMILES string of the molecule is [2H]C(C)(C)NCC(O)COc1ccc(CCOC([2H])([2H])[2H])cc1. The van der Waals surface area contributed by atoms with Gasteiger partial charge in [0.15, 0.2) is 0 Å². The normalized spacial score (nSPS) is 17.0. The molecule has 1 unspecified atom stereocenters. The smallest absolute Gasteiger partial charge is 0.119 e. The number of methoxy groups -OCH3 is 1. The van der Waals surface area contributed by atoms with Crippen molar-refractivity contribution in [3.05, 3.63) is 29.8 Å². The molecule has 4 heteroatoms. The highest BCUT2D eigenvalue weighted by atomic mass is 16.5. The van der Waals surface area contributed by atoms with Crippen molar-refractivity contribution in [2.45, 2.75) is 32.4 Å². The molecule has 0 spiro atoms. The van der Waals surface area contributed by atoms with E-state index in [0.29, 0.717) is 12.2 Å². The van der Waals surface area contributed by atoms with Crippen LogP contribution in [0.15, 0.2) is 24.3 Å². The Balaban J connectivity index is 2.31. The Morgan fingerprint density at radius 1 is 1.37 bits per heavy atom. The molecule has 0 saturated heterocycles. The van der Waals surface area contributed by atoms with E-state index < -0.39 is 19.2 Å². The molecule has 1 atom stereocenters. The summed E-state index contributed by atoms with van der Waals surface area (Å²) in [6.45, 7) is 3.94. The van der Waals surface area contributed by atoms with Gasteiger partial charge < -0.3 is 19.9 Å². The van der Waals surface area contributed by atoms with E-state index in [2.05, 4.69) is 5.32 Å². The molecule has 4 nitrogen and oxygen atoms in total. The second kappa shape index (κ2) is 8.91. The Bertz CT molecular complexity index is 457. The molecule has 0 radical (unpaired) electrons. The highest BCUT2D eigenvalue weighted by molar-refractivity contribution is 5.27. The average molecular weight is 271 g/mol. The van der Waals surface area contributed by atoms with Crippen molar-refractivity contribution in [3.63, 3.8) is 0 Å². The highest BCUT2D eigenvalue weighted by Crippen LogP contribution is 2.12. The summed E-state index contributed by atoms with van der Waals surface area (Å²) in [4.78, 5) is 0. The van der Waals surface area contributed by atoms with Gasteiger partial charge in [-0.05, 0) is 24.1 Å². The molecular weight excluding hydrogens is 242 g/mol. The van der Waals surface area contributed by atoms with Crippen molar-refractivity contribution in [1.29, 1.82) is 0 Å². The lowest BCUT2D eigenvalue weighted by Crippen LogP contribution is -2.35. The standard InChI is InChI=1S/C15H25NO3/c1-12(2)16-10-14(17)11-19-15-6-4-13(5-7-15)8-9-18-3/h4-7,12,14,16-17H,8-11H2,1-3H3/i3D3,12D. The van der Waals surface area contributed by atoms with E-state index in [1.54, 1.807) is 26.0 Å². The maximum absolute atomic E-state index is 9.78. The second-order valence-electron chi connectivity index (χ2n) is 4.59. The maximum atomic E-state index is 9.78. The number of nitrogens with one attached hydrogen (secondary N) is 1. The minimum Gasteiger partial charge on any atom is -0.491 e. The van der Waals surface area contributed by atoms with Gasteiger partial charge in [0.05, 0.1) is 10.7 Å². The third-order valence-electron chi connectivity index (χ3n) is 2.55. The summed E-state index contributed by atoms with van der Waals surface area (Å²) >= 11 is 0. The van der Waals surface area contributed by atoms with Crippen LogP contribution in [-0.4, -0.2) is 44.0 Å². The van der Waals surface area contributed by atoms with E-state index in [0.717, 1.165) is 5.56 Å². The minimum absolute atomic E-state index is 0.129. The van der Waals surface area contributed by atoms with Crippen LogP contribution in [0.3, 0.4) is 0 Å². The van der Waals surface area contributed by atoms with Crippen molar-refractivity contribution in [3.8, 4) is 5.75 Å². The molecule has 1 aromatic rings. The van der Waals surface area contributed by atoms with E-state index in [-0.39, 0.29) is 19.8 Å². The lowest BCUT2D eigenvalue weighted by Gasteiger charge is -2.15. The Morgan fingerprint density at radius 3 is 2.74 bits per heavy atom. The fourth-order valence-electron chi connectivity index (χ4n) is 1.49. The van der Waals surface area contributed by atoms with E-state index >= 15 is 0 Å².